The van der Waals surface area contributed by atoms with Crippen molar-refractivity contribution in [2.45, 2.75) is 19.3 Å². The second kappa shape index (κ2) is 5.25. The molecule has 1 unspecified atom stereocenters. The molecular formula is C12H21NO3. The number of aldehydes is 1. The van der Waals surface area contributed by atoms with Crippen LogP contribution in [-0.4, -0.2) is 55.7 Å². The minimum Gasteiger partial charge on any atom is -0.396 e. The van der Waals surface area contributed by atoms with E-state index in [4.69, 9.17) is 9.84 Å². The van der Waals surface area contributed by atoms with Crippen molar-refractivity contribution in [1.29, 1.82) is 0 Å². The Kier molecular flexibility index (Phi) is 3.95. The number of likely N-dealkylation sites (tertiary alicyclic amines) is 1. The highest BCUT2D eigenvalue weighted by Crippen LogP contribution is 2.31. The SMILES string of the molecule is O=CC1(CN2CCC(CO)C2)CCOCC1. The number of aliphatic hydroxyl groups is 1. The number of nitrogens with zero attached hydrogens (tertiary/aromatic N) is 1. The molecular weight excluding hydrogens is 206 g/mol. The van der Waals surface area contributed by atoms with Crippen molar-refractivity contribution >= 4 is 6.29 Å². The van der Waals surface area contributed by atoms with Crippen molar-refractivity contribution in [1.82, 2.24) is 4.90 Å². The van der Waals surface area contributed by atoms with E-state index in [-0.39, 0.29) is 12.0 Å². The summed E-state index contributed by atoms with van der Waals surface area (Å²) >= 11 is 0. The van der Waals surface area contributed by atoms with E-state index in [2.05, 4.69) is 4.90 Å². The second-order valence-corrected chi connectivity index (χ2v) is 5.16. The number of hydrogen-bond donors (Lipinski definition) is 1. The Hall–Kier alpha value is -0.450. The Labute approximate surface area is 96.6 Å². The lowest BCUT2D eigenvalue weighted by molar-refractivity contribution is -0.122. The van der Waals surface area contributed by atoms with Gasteiger partial charge in [0.25, 0.3) is 0 Å². The normalized spacial score (nSPS) is 30.4. The largest absolute Gasteiger partial charge is 0.396 e. The molecule has 4 heteroatoms. The van der Waals surface area contributed by atoms with Crippen LogP contribution in [0.2, 0.25) is 0 Å². The molecule has 0 aliphatic carbocycles. The minimum atomic E-state index is -0.192. The Morgan fingerprint density at radius 2 is 2.19 bits per heavy atom. The van der Waals surface area contributed by atoms with Crippen molar-refractivity contribution in [2.75, 3.05) is 39.5 Å². The molecule has 0 amide bonds. The van der Waals surface area contributed by atoms with Gasteiger partial charge in [0, 0.05) is 38.3 Å². The van der Waals surface area contributed by atoms with Crippen LogP contribution in [0.5, 0.6) is 0 Å². The van der Waals surface area contributed by atoms with Crippen molar-refractivity contribution in [3.8, 4) is 0 Å². The molecule has 16 heavy (non-hydrogen) atoms. The summed E-state index contributed by atoms with van der Waals surface area (Å²) < 4.78 is 5.32. The fraction of sp³-hybridized carbons (Fsp3) is 0.917. The van der Waals surface area contributed by atoms with Gasteiger partial charge in [-0.15, -0.1) is 0 Å². The van der Waals surface area contributed by atoms with E-state index in [0.29, 0.717) is 19.1 Å². The van der Waals surface area contributed by atoms with Crippen LogP contribution >= 0.6 is 0 Å². The van der Waals surface area contributed by atoms with Gasteiger partial charge < -0.3 is 19.5 Å². The molecule has 2 fully saturated rings. The topological polar surface area (TPSA) is 49.8 Å². The van der Waals surface area contributed by atoms with Gasteiger partial charge in [-0.1, -0.05) is 0 Å². The fourth-order valence-corrected chi connectivity index (χ4v) is 2.74. The Bertz CT molecular complexity index is 238. The number of ether oxygens (including phenoxy) is 1. The van der Waals surface area contributed by atoms with Gasteiger partial charge in [0.2, 0.25) is 0 Å². The van der Waals surface area contributed by atoms with E-state index >= 15 is 0 Å². The van der Waals surface area contributed by atoms with Crippen molar-refractivity contribution in [2.24, 2.45) is 11.3 Å². The molecule has 0 saturated carbocycles. The molecule has 2 heterocycles. The van der Waals surface area contributed by atoms with Crippen molar-refractivity contribution < 1.29 is 14.6 Å². The summed E-state index contributed by atoms with van der Waals surface area (Å²) in [6.45, 7) is 4.48. The Morgan fingerprint density at radius 1 is 1.44 bits per heavy atom. The third kappa shape index (κ3) is 2.62. The van der Waals surface area contributed by atoms with E-state index in [1.807, 2.05) is 0 Å². The fourth-order valence-electron chi connectivity index (χ4n) is 2.74. The smallest absolute Gasteiger partial charge is 0.127 e. The minimum absolute atomic E-state index is 0.192. The molecule has 0 aromatic rings. The summed E-state index contributed by atoms with van der Waals surface area (Å²) in [5.74, 6) is 0.406. The monoisotopic (exact) mass is 227 g/mol. The van der Waals surface area contributed by atoms with Crippen molar-refractivity contribution in [3.05, 3.63) is 0 Å². The number of carbonyl (C=O) groups is 1. The zero-order chi connectivity index (χ0) is 11.4. The molecule has 2 saturated heterocycles. The van der Waals surface area contributed by atoms with Crippen LogP contribution in [0.1, 0.15) is 19.3 Å². The predicted octanol–water partition coefficient (Wildman–Crippen LogP) is 0.296. The highest BCUT2D eigenvalue weighted by atomic mass is 16.5. The van der Waals surface area contributed by atoms with Crippen LogP contribution < -0.4 is 0 Å². The highest BCUT2D eigenvalue weighted by molar-refractivity contribution is 5.60. The number of carbonyl (C=O) groups excluding carboxylic acids is 1. The number of aliphatic hydroxyl groups excluding tert-OH is 1. The summed E-state index contributed by atoms with van der Waals surface area (Å²) in [6.07, 6.45) is 3.87. The third-order valence-corrected chi connectivity index (χ3v) is 3.91. The maximum Gasteiger partial charge on any atom is 0.127 e. The van der Waals surface area contributed by atoms with Gasteiger partial charge in [-0.3, -0.25) is 0 Å². The summed E-state index contributed by atoms with van der Waals surface area (Å²) in [6, 6.07) is 0. The quantitative estimate of drug-likeness (QED) is 0.702. The van der Waals surface area contributed by atoms with Gasteiger partial charge in [0.15, 0.2) is 0 Å². The molecule has 0 spiro atoms. The van der Waals surface area contributed by atoms with Crippen LogP contribution in [0.15, 0.2) is 0 Å². The predicted molar refractivity (Wildman–Crippen MR) is 60.2 cm³/mol. The molecule has 1 atom stereocenters. The van der Waals surface area contributed by atoms with E-state index in [1.54, 1.807) is 0 Å². The average molecular weight is 227 g/mol. The highest BCUT2D eigenvalue weighted by Gasteiger charge is 2.36. The molecule has 4 nitrogen and oxygen atoms in total. The van der Waals surface area contributed by atoms with Gasteiger partial charge in [0.1, 0.15) is 6.29 Å². The molecule has 2 rings (SSSR count). The van der Waals surface area contributed by atoms with Gasteiger partial charge in [-0.05, 0) is 31.7 Å². The van der Waals surface area contributed by atoms with Crippen LogP contribution in [0.3, 0.4) is 0 Å². The molecule has 0 bridgehead atoms. The second-order valence-electron chi connectivity index (χ2n) is 5.16. The first-order chi connectivity index (χ1) is 7.78. The van der Waals surface area contributed by atoms with E-state index in [0.717, 1.165) is 45.2 Å². The number of rotatable bonds is 4. The Balaban J connectivity index is 1.89. The summed E-state index contributed by atoms with van der Waals surface area (Å²) in [5.41, 5.74) is -0.192. The summed E-state index contributed by atoms with van der Waals surface area (Å²) in [7, 11) is 0. The first-order valence-corrected chi connectivity index (χ1v) is 6.15. The van der Waals surface area contributed by atoms with Crippen LogP contribution in [-0.2, 0) is 9.53 Å². The molecule has 0 aromatic carbocycles. The summed E-state index contributed by atoms with van der Waals surface area (Å²) in [5, 5.41) is 9.09. The zero-order valence-corrected chi connectivity index (χ0v) is 9.73. The van der Waals surface area contributed by atoms with E-state index < -0.39 is 0 Å². The lowest BCUT2D eigenvalue weighted by Gasteiger charge is -2.35. The first-order valence-electron chi connectivity index (χ1n) is 6.15. The third-order valence-electron chi connectivity index (χ3n) is 3.91. The number of hydrogen-bond acceptors (Lipinski definition) is 4. The zero-order valence-electron chi connectivity index (χ0n) is 9.73. The maximum atomic E-state index is 11.3. The molecule has 2 aliphatic rings. The van der Waals surface area contributed by atoms with Crippen LogP contribution in [0.25, 0.3) is 0 Å². The molecule has 0 aromatic heterocycles. The molecule has 0 radical (unpaired) electrons. The first kappa shape index (κ1) is 12.0. The van der Waals surface area contributed by atoms with Crippen LogP contribution in [0.4, 0.5) is 0 Å². The molecule has 2 aliphatic heterocycles. The lowest BCUT2D eigenvalue weighted by atomic mass is 9.81. The average Bonchev–Trinajstić information content (AvgIpc) is 2.78. The molecule has 92 valence electrons. The van der Waals surface area contributed by atoms with Crippen molar-refractivity contribution in [3.63, 3.8) is 0 Å². The van der Waals surface area contributed by atoms with E-state index in [1.165, 1.54) is 0 Å². The standard InChI is InChI=1S/C12H21NO3/c14-8-11-1-4-13(7-11)9-12(10-15)2-5-16-6-3-12/h10-11,14H,1-9H2. The maximum absolute atomic E-state index is 11.3. The van der Waals surface area contributed by atoms with Gasteiger partial charge >= 0.3 is 0 Å². The van der Waals surface area contributed by atoms with Gasteiger partial charge in [0.05, 0.1) is 0 Å². The van der Waals surface area contributed by atoms with Gasteiger partial charge in [-0.2, -0.15) is 0 Å². The molecule has 1 N–H and O–H groups in total. The Morgan fingerprint density at radius 3 is 2.75 bits per heavy atom. The van der Waals surface area contributed by atoms with Crippen LogP contribution in [0, 0.1) is 11.3 Å². The summed E-state index contributed by atoms with van der Waals surface area (Å²) in [4.78, 5) is 13.6. The van der Waals surface area contributed by atoms with E-state index in [9.17, 15) is 4.79 Å². The van der Waals surface area contributed by atoms with Gasteiger partial charge in [-0.25, -0.2) is 0 Å². The lowest BCUT2D eigenvalue weighted by Crippen LogP contribution is -2.42.